The predicted octanol–water partition coefficient (Wildman–Crippen LogP) is 5.21. The van der Waals surface area contributed by atoms with Crippen molar-refractivity contribution in [1.29, 1.82) is 0 Å². The summed E-state index contributed by atoms with van der Waals surface area (Å²) in [5, 5.41) is 5.80. The number of hydrogen-bond acceptors (Lipinski definition) is 6. The number of carbonyl (C=O) groups excluding carboxylic acids is 4. The molecular formula is C38H33N3O5. The van der Waals surface area contributed by atoms with Gasteiger partial charge in [0.2, 0.25) is 11.8 Å². The predicted molar refractivity (Wildman–Crippen MR) is 170 cm³/mol. The number of nitrogens with zero attached hydrogens (tertiary/aromatic N) is 3. The molecule has 230 valence electrons. The van der Waals surface area contributed by atoms with Crippen LogP contribution in [0.1, 0.15) is 54.4 Å². The molecule has 8 nitrogen and oxygen atoms in total. The molecule has 8 heteroatoms. The van der Waals surface area contributed by atoms with Crippen LogP contribution in [0, 0.1) is 35.5 Å². The smallest absolute Gasteiger partial charge is 0.254 e. The Labute approximate surface area is 266 Å². The van der Waals surface area contributed by atoms with Crippen LogP contribution in [0.25, 0.3) is 0 Å². The van der Waals surface area contributed by atoms with E-state index in [0.29, 0.717) is 18.0 Å². The fourth-order valence-electron chi connectivity index (χ4n) is 9.54. The first-order chi connectivity index (χ1) is 22.5. The van der Waals surface area contributed by atoms with Gasteiger partial charge in [0.1, 0.15) is 5.75 Å². The average Bonchev–Trinajstić information content (AvgIpc) is 3.53. The molecule has 6 aliphatic carbocycles. The second kappa shape index (κ2) is 9.82. The van der Waals surface area contributed by atoms with E-state index >= 15 is 0 Å². The molecule has 0 spiro atoms. The number of amides is 4. The zero-order valence-electron chi connectivity index (χ0n) is 25.4. The molecule has 6 atom stereocenters. The lowest BCUT2D eigenvalue weighted by Crippen LogP contribution is -2.55. The van der Waals surface area contributed by atoms with Crippen molar-refractivity contribution in [2.75, 3.05) is 11.5 Å². The van der Waals surface area contributed by atoms with Crippen molar-refractivity contribution in [3.8, 4) is 5.75 Å². The van der Waals surface area contributed by atoms with Gasteiger partial charge in [0.05, 0.1) is 41.4 Å². The average molecular weight is 612 g/mol. The molecule has 8 aliphatic rings. The molecule has 1 saturated carbocycles. The third-order valence-corrected chi connectivity index (χ3v) is 11.4. The molecule has 46 heavy (non-hydrogen) atoms. The van der Waals surface area contributed by atoms with Crippen LogP contribution in [0.3, 0.4) is 0 Å². The Balaban J connectivity index is 1.19. The molecule has 0 radical (unpaired) electrons. The summed E-state index contributed by atoms with van der Waals surface area (Å²) >= 11 is 0. The highest BCUT2D eigenvalue weighted by molar-refractivity contribution is 6.25. The number of ether oxygens (including phenoxy) is 1. The minimum Gasteiger partial charge on any atom is -0.494 e. The topological polar surface area (TPSA) is 96.3 Å². The van der Waals surface area contributed by atoms with Crippen molar-refractivity contribution in [1.82, 2.24) is 5.01 Å². The van der Waals surface area contributed by atoms with Gasteiger partial charge in [-0.25, -0.2) is 4.90 Å². The quantitative estimate of drug-likeness (QED) is 0.217. The second-order valence-electron chi connectivity index (χ2n) is 13.5. The zero-order valence-corrected chi connectivity index (χ0v) is 25.4. The van der Waals surface area contributed by atoms with Crippen LogP contribution >= 0.6 is 0 Å². The maximum absolute atomic E-state index is 14.7. The van der Waals surface area contributed by atoms with E-state index in [4.69, 9.17) is 9.84 Å². The van der Waals surface area contributed by atoms with Crippen LogP contribution in [0.15, 0.2) is 90.0 Å². The highest BCUT2D eigenvalue weighted by Gasteiger charge is 2.68. The van der Waals surface area contributed by atoms with Gasteiger partial charge in [0.15, 0.2) is 0 Å². The molecule has 2 saturated heterocycles. The molecular weight excluding hydrogens is 578 g/mol. The SMILES string of the molecule is CCCOc1ccc(N2C(=O)[C@@H]3C4c5ccccc5C(/C=N\N5C(=O)[C@H]6[C@H](C5=O)[C@H]5C=C[C@H]6CC5)(c5ccccc54)[C@H]3C2=O)cc1. The summed E-state index contributed by atoms with van der Waals surface area (Å²) in [5.74, 6) is -2.94. The number of rotatable bonds is 6. The summed E-state index contributed by atoms with van der Waals surface area (Å²) in [6.45, 7) is 2.61. The first-order valence-corrected chi connectivity index (χ1v) is 16.4. The monoisotopic (exact) mass is 611 g/mol. The number of hydrogen-bond donors (Lipinski definition) is 0. The van der Waals surface area contributed by atoms with Crippen molar-refractivity contribution >= 4 is 35.5 Å². The summed E-state index contributed by atoms with van der Waals surface area (Å²) in [6.07, 6.45) is 8.49. The number of hydrazone groups is 1. The molecule has 0 aromatic heterocycles. The lowest BCUT2D eigenvalue weighted by atomic mass is 9.47. The van der Waals surface area contributed by atoms with Gasteiger partial charge in [-0.15, -0.1) is 0 Å². The van der Waals surface area contributed by atoms with Crippen molar-refractivity contribution in [2.45, 2.75) is 37.5 Å². The van der Waals surface area contributed by atoms with E-state index in [0.717, 1.165) is 46.5 Å². The highest BCUT2D eigenvalue weighted by Crippen LogP contribution is 2.64. The molecule has 2 heterocycles. The Hall–Kier alpha value is -4.85. The minimum atomic E-state index is -1.16. The second-order valence-corrected chi connectivity index (χ2v) is 13.5. The normalized spacial score (nSPS) is 33.1. The lowest BCUT2D eigenvalue weighted by molar-refractivity contribution is -0.140. The fraction of sp³-hybridized carbons (Fsp3) is 0.342. The Morgan fingerprint density at radius 1 is 0.761 bits per heavy atom. The Morgan fingerprint density at radius 3 is 1.91 bits per heavy atom. The van der Waals surface area contributed by atoms with Crippen LogP contribution in [0.5, 0.6) is 5.75 Å². The summed E-state index contributed by atoms with van der Waals surface area (Å²) < 4.78 is 5.75. The zero-order chi connectivity index (χ0) is 31.3. The van der Waals surface area contributed by atoms with E-state index < -0.39 is 29.1 Å². The number of imide groups is 2. The molecule has 2 aliphatic heterocycles. The standard InChI is InChI=1S/C38H33N3O5/c1-2-19-46-24-17-15-23(16-18-24)40-34(42)32-31-25-7-3-5-9-27(25)38(33(32)37(40)45,28-10-6-4-8-26(28)31)20-39-41-35(43)29-21-11-12-22(14-13-21)30(29)36(41)44/h3-12,15-18,20-22,29-33H,2,13-14,19H2,1H3/b39-20-/t21-,22-,29+,30+,31?,32+,33+,38?/m0/s1. The Morgan fingerprint density at radius 2 is 1.35 bits per heavy atom. The van der Waals surface area contributed by atoms with Gasteiger partial charge in [0.25, 0.3) is 11.8 Å². The molecule has 3 aromatic rings. The third-order valence-electron chi connectivity index (χ3n) is 11.4. The maximum atomic E-state index is 14.7. The van der Waals surface area contributed by atoms with Crippen LogP contribution in [-0.2, 0) is 24.6 Å². The van der Waals surface area contributed by atoms with Gasteiger partial charge in [-0.1, -0.05) is 67.6 Å². The van der Waals surface area contributed by atoms with E-state index in [-0.39, 0.29) is 41.4 Å². The van der Waals surface area contributed by atoms with Crippen molar-refractivity contribution in [2.24, 2.45) is 40.6 Å². The van der Waals surface area contributed by atoms with Gasteiger partial charge < -0.3 is 4.74 Å². The maximum Gasteiger partial charge on any atom is 0.254 e. The fourth-order valence-corrected chi connectivity index (χ4v) is 9.54. The van der Waals surface area contributed by atoms with E-state index in [1.807, 2.05) is 55.5 Å². The van der Waals surface area contributed by atoms with E-state index in [1.54, 1.807) is 30.5 Å². The van der Waals surface area contributed by atoms with E-state index in [2.05, 4.69) is 12.2 Å². The molecule has 0 unspecified atom stereocenters. The first-order valence-electron chi connectivity index (χ1n) is 16.4. The van der Waals surface area contributed by atoms with Gasteiger partial charge in [-0.2, -0.15) is 10.1 Å². The van der Waals surface area contributed by atoms with Gasteiger partial charge in [0, 0.05) is 12.1 Å². The van der Waals surface area contributed by atoms with Crippen LogP contribution in [0.2, 0.25) is 0 Å². The molecule has 4 amide bonds. The summed E-state index contributed by atoms with van der Waals surface area (Å²) in [7, 11) is 0. The molecule has 0 N–H and O–H groups in total. The number of carbonyl (C=O) groups is 4. The summed E-state index contributed by atoms with van der Waals surface area (Å²) in [5.41, 5.74) is 3.03. The van der Waals surface area contributed by atoms with E-state index in [1.165, 1.54) is 4.90 Å². The molecule has 3 fully saturated rings. The van der Waals surface area contributed by atoms with Gasteiger partial charge in [-0.05, 0) is 77.6 Å². The number of benzene rings is 3. The molecule has 4 bridgehead atoms. The molecule has 11 rings (SSSR count). The summed E-state index contributed by atoms with van der Waals surface area (Å²) in [6, 6.07) is 22.9. The van der Waals surface area contributed by atoms with Gasteiger partial charge >= 0.3 is 0 Å². The van der Waals surface area contributed by atoms with Crippen molar-refractivity contribution in [3.63, 3.8) is 0 Å². The van der Waals surface area contributed by atoms with Crippen LogP contribution in [0.4, 0.5) is 5.69 Å². The first kappa shape index (κ1) is 27.5. The number of anilines is 1. The number of allylic oxidation sites excluding steroid dienone is 2. The minimum absolute atomic E-state index is 0.0436. The third kappa shape index (κ3) is 3.42. The number of fused-ring (bicyclic) bond motifs is 1. The largest absolute Gasteiger partial charge is 0.494 e. The Bertz CT molecular complexity index is 1820. The Kier molecular flexibility index (Phi) is 5.86. The highest BCUT2D eigenvalue weighted by atomic mass is 16.5. The van der Waals surface area contributed by atoms with Crippen LogP contribution in [-0.4, -0.2) is 41.5 Å². The van der Waals surface area contributed by atoms with E-state index in [9.17, 15) is 19.2 Å². The van der Waals surface area contributed by atoms with Crippen molar-refractivity contribution < 1.29 is 23.9 Å². The molecule has 3 aromatic carbocycles. The van der Waals surface area contributed by atoms with Crippen molar-refractivity contribution in [3.05, 3.63) is 107 Å². The van der Waals surface area contributed by atoms with Crippen LogP contribution < -0.4 is 9.64 Å². The van der Waals surface area contributed by atoms with Gasteiger partial charge in [-0.3, -0.25) is 19.2 Å². The summed E-state index contributed by atoms with van der Waals surface area (Å²) in [4.78, 5) is 58.1. The lowest BCUT2D eigenvalue weighted by Gasteiger charge is -2.52.